The summed E-state index contributed by atoms with van der Waals surface area (Å²) in [6.07, 6.45) is 4.16. The number of rotatable bonds is 5. The summed E-state index contributed by atoms with van der Waals surface area (Å²) in [7, 11) is 1.63. The first kappa shape index (κ1) is 15.2. The summed E-state index contributed by atoms with van der Waals surface area (Å²) in [4.78, 5) is 15.5. The zero-order valence-electron chi connectivity index (χ0n) is 12.6. The van der Waals surface area contributed by atoms with E-state index in [2.05, 4.69) is 11.4 Å². The molecule has 1 aromatic carbocycles. The lowest BCUT2D eigenvalue weighted by atomic mass is 9.64. The highest BCUT2D eigenvalue weighted by Crippen LogP contribution is 2.43. The van der Waals surface area contributed by atoms with E-state index in [4.69, 9.17) is 10.3 Å². The van der Waals surface area contributed by atoms with Crippen molar-refractivity contribution in [1.29, 1.82) is 0 Å². The van der Waals surface area contributed by atoms with E-state index in [0.717, 1.165) is 47.9 Å². The Morgan fingerprint density at radius 1 is 1.57 bits per heavy atom. The third kappa shape index (κ3) is 2.81. The molecule has 1 aliphatic carbocycles. The normalized spacial score (nSPS) is 20.1. The fourth-order valence-electron chi connectivity index (χ4n) is 3.30. The number of Topliss-reactive ketones (excluding diaryl/α,β-unsaturated/α-hetero) is 1. The quantitative estimate of drug-likeness (QED) is 0.361. The van der Waals surface area contributed by atoms with Gasteiger partial charge in [0.1, 0.15) is 5.75 Å². The van der Waals surface area contributed by atoms with Crippen LogP contribution in [0.2, 0.25) is 0 Å². The van der Waals surface area contributed by atoms with E-state index in [0.29, 0.717) is 6.42 Å². The number of hydrogen-bond donors (Lipinski definition) is 0. The van der Waals surface area contributed by atoms with Gasteiger partial charge in [-0.15, -0.1) is 6.58 Å². The summed E-state index contributed by atoms with van der Waals surface area (Å²) >= 11 is 0. The molecule has 21 heavy (non-hydrogen) atoms. The molecular formula is C17H20N2O2. The lowest BCUT2D eigenvalue weighted by Crippen LogP contribution is -2.40. The molecule has 0 amide bonds. The highest BCUT2D eigenvalue weighted by Gasteiger charge is 2.44. The Morgan fingerprint density at radius 2 is 2.33 bits per heavy atom. The molecule has 0 bridgehead atoms. The number of hydrogen-bond acceptors (Lipinski definition) is 2. The van der Waals surface area contributed by atoms with Crippen LogP contribution in [0.5, 0.6) is 5.75 Å². The van der Waals surface area contributed by atoms with Gasteiger partial charge in [-0.3, -0.25) is 4.79 Å². The van der Waals surface area contributed by atoms with Gasteiger partial charge in [0.05, 0.1) is 12.5 Å². The Morgan fingerprint density at radius 3 is 2.95 bits per heavy atom. The van der Waals surface area contributed by atoms with Crippen LogP contribution in [0.4, 0.5) is 0 Å². The summed E-state index contributed by atoms with van der Waals surface area (Å²) in [5.41, 5.74) is 11.2. The Bertz CT molecular complexity index is 630. The van der Waals surface area contributed by atoms with Crippen LogP contribution in [0.3, 0.4) is 0 Å². The lowest BCUT2D eigenvalue weighted by Gasteiger charge is -2.36. The van der Waals surface area contributed by atoms with Crippen molar-refractivity contribution in [2.75, 3.05) is 7.11 Å². The zero-order valence-corrected chi connectivity index (χ0v) is 12.6. The standard InChI is InChI=1S/C17H20N2O2/c1-12(2)10-17(16(20)11-19-18)8-4-5-13-9-14(21-3)6-7-15(13)17/h6-7,9,11H,1,4-5,8,10H2,2-3H3. The molecular weight excluding hydrogens is 264 g/mol. The molecule has 0 saturated carbocycles. The first-order valence-corrected chi connectivity index (χ1v) is 7.07. The van der Waals surface area contributed by atoms with Crippen molar-refractivity contribution in [2.45, 2.75) is 38.0 Å². The van der Waals surface area contributed by atoms with Gasteiger partial charge in [0.25, 0.3) is 0 Å². The predicted molar refractivity (Wildman–Crippen MR) is 81.7 cm³/mol. The van der Waals surface area contributed by atoms with Gasteiger partial charge in [0, 0.05) is 0 Å². The average Bonchev–Trinajstić information content (AvgIpc) is 2.46. The first-order valence-electron chi connectivity index (χ1n) is 7.07. The maximum atomic E-state index is 12.6. The second-order valence-corrected chi connectivity index (χ2v) is 5.70. The van der Waals surface area contributed by atoms with Crippen molar-refractivity contribution in [1.82, 2.24) is 0 Å². The number of ether oxygens (including phenoxy) is 1. The van der Waals surface area contributed by atoms with Crippen molar-refractivity contribution in [3.8, 4) is 5.75 Å². The van der Waals surface area contributed by atoms with E-state index in [1.807, 2.05) is 25.1 Å². The molecule has 0 fully saturated rings. The average molecular weight is 284 g/mol. The maximum absolute atomic E-state index is 12.6. The molecule has 0 saturated heterocycles. The third-order valence-corrected chi connectivity index (χ3v) is 4.13. The van der Waals surface area contributed by atoms with Crippen LogP contribution in [0, 0.1) is 0 Å². The number of nitrogens with zero attached hydrogens (tertiary/aromatic N) is 2. The summed E-state index contributed by atoms with van der Waals surface area (Å²) in [6.45, 7) is 5.88. The molecule has 0 radical (unpaired) electrons. The maximum Gasteiger partial charge on any atom is 0.324 e. The van der Waals surface area contributed by atoms with Gasteiger partial charge in [0.15, 0.2) is 0 Å². The van der Waals surface area contributed by atoms with E-state index >= 15 is 0 Å². The van der Waals surface area contributed by atoms with Gasteiger partial charge in [-0.2, -0.15) is 4.79 Å². The van der Waals surface area contributed by atoms with E-state index in [9.17, 15) is 4.79 Å². The molecule has 110 valence electrons. The van der Waals surface area contributed by atoms with Crippen LogP contribution in [-0.2, 0) is 16.6 Å². The lowest BCUT2D eigenvalue weighted by molar-refractivity contribution is -0.121. The van der Waals surface area contributed by atoms with Crippen LogP contribution in [-0.4, -0.2) is 23.9 Å². The fourth-order valence-corrected chi connectivity index (χ4v) is 3.30. The van der Waals surface area contributed by atoms with Crippen LogP contribution >= 0.6 is 0 Å². The molecule has 0 aliphatic heterocycles. The topological polar surface area (TPSA) is 62.7 Å². The van der Waals surface area contributed by atoms with Crippen molar-refractivity contribution in [3.63, 3.8) is 0 Å². The summed E-state index contributed by atoms with van der Waals surface area (Å²) in [5.74, 6) is 0.627. The Hall–Kier alpha value is -2.19. The molecule has 1 unspecified atom stereocenters. The van der Waals surface area contributed by atoms with Crippen LogP contribution < -0.4 is 4.74 Å². The number of methoxy groups -OCH3 is 1. The number of benzene rings is 1. The Labute approximate surface area is 125 Å². The van der Waals surface area contributed by atoms with Crippen molar-refractivity contribution in [3.05, 3.63) is 47.0 Å². The van der Waals surface area contributed by atoms with E-state index < -0.39 is 5.41 Å². The Kier molecular flexibility index (Phi) is 4.39. The molecule has 1 aromatic rings. The minimum Gasteiger partial charge on any atom is -0.497 e. The van der Waals surface area contributed by atoms with Crippen molar-refractivity contribution < 1.29 is 14.3 Å². The molecule has 0 N–H and O–H groups in total. The van der Waals surface area contributed by atoms with Crippen LogP contribution in [0.1, 0.15) is 37.3 Å². The Balaban J connectivity index is 2.60. The number of fused-ring (bicyclic) bond motifs is 1. The van der Waals surface area contributed by atoms with Crippen molar-refractivity contribution in [2.24, 2.45) is 0 Å². The fraction of sp³-hybridized carbons (Fsp3) is 0.412. The first-order chi connectivity index (χ1) is 10.0. The minimum absolute atomic E-state index is 0.167. The summed E-state index contributed by atoms with van der Waals surface area (Å²) in [6, 6.07) is 5.82. The monoisotopic (exact) mass is 284 g/mol. The molecule has 4 nitrogen and oxygen atoms in total. The number of aryl methyl sites for hydroxylation is 1. The molecule has 1 aliphatic rings. The number of carbonyl (C=O) groups is 1. The predicted octanol–water partition coefficient (Wildman–Crippen LogP) is 3.11. The summed E-state index contributed by atoms with van der Waals surface area (Å²) in [5, 5.41) is 0. The van der Waals surface area contributed by atoms with Gasteiger partial charge in [-0.1, -0.05) is 11.6 Å². The third-order valence-electron chi connectivity index (χ3n) is 4.13. The van der Waals surface area contributed by atoms with Crippen LogP contribution in [0.25, 0.3) is 5.53 Å². The van der Waals surface area contributed by atoms with Gasteiger partial charge < -0.3 is 10.3 Å². The van der Waals surface area contributed by atoms with Gasteiger partial charge in [-0.05, 0) is 55.9 Å². The largest absolute Gasteiger partial charge is 0.497 e. The second-order valence-electron chi connectivity index (χ2n) is 5.70. The SMILES string of the molecule is C=C(C)CC1(C(=O)C=[N+]=[N-])CCCc2cc(OC)ccc21. The van der Waals surface area contributed by atoms with E-state index in [1.165, 1.54) is 0 Å². The van der Waals surface area contributed by atoms with Crippen LogP contribution in [0.15, 0.2) is 30.4 Å². The van der Waals surface area contributed by atoms with Crippen molar-refractivity contribution >= 4 is 12.0 Å². The number of allylic oxidation sites excluding steroid dienone is 1. The molecule has 2 rings (SSSR count). The zero-order chi connectivity index (χ0) is 15.5. The highest BCUT2D eigenvalue weighted by atomic mass is 16.5. The van der Waals surface area contributed by atoms with Gasteiger partial charge in [0.2, 0.25) is 5.78 Å². The molecule has 0 aromatic heterocycles. The highest BCUT2D eigenvalue weighted by molar-refractivity contribution is 6.30. The molecule has 0 heterocycles. The molecule has 1 atom stereocenters. The second kappa shape index (κ2) is 6.06. The minimum atomic E-state index is -0.669. The molecule has 4 heteroatoms. The van der Waals surface area contributed by atoms with E-state index in [1.54, 1.807) is 7.11 Å². The summed E-state index contributed by atoms with van der Waals surface area (Å²) < 4.78 is 5.27. The smallest absolute Gasteiger partial charge is 0.324 e. The number of carbonyl (C=O) groups excluding carboxylic acids is 1. The van der Waals surface area contributed by atoms with Gasteiger partial charge >= 0.3 is 6.21 Å². The van der Waals surface area contributed by atoms with E-state index in [-0.39, 0.29) is 5.78 Å². The number of ketones is 1. The van der Waals surface area contributed by atoms with Gasteiger partial charge in [-0.25, -0.2) is 0 Å². The molecule has 0 spiro atoms.